The first kappa shape index (κ1) is 14.8. The molecule has 0 bridgehead atoms. The molecule has 2 rings (SSSR count). The molecule has 1 amide bonds. The first-order valence-electron chi connectivity index (χ1n) is 6.57. The number of methoxy groups -OCH3 is 1. The van der Waals surface area contributed by atoms with E-state index in [0.29, 0.717) is 13.2 Å². The average molecular weight is 290 g/mol. The molecule has 1 heterocycles. The van der Waals surface area contributed by atoms with Crippen LogP contribution in [-0.4, -0.2) is 41.2 Å². The third-order valence-electron chi connectivity index (χ3n) is 2.86. The molecule has 1 aromatic carbocycles. The quantitative estimate of drug-likeness (QED) is 0.763. The molecule has 0 aliphatic rings. The van der Waals surface area contributed by atoms with Crippen molar-refractivity contribution in [2.24, 2.45) is 0 Å². The predicted octanol–water partition coefficient (Wildman–Crippen LogP) is 0.790. The zero-order valence-electron chi connectivity index (χ0n) is 12.1. The van der Waals surface area contributed by atoms with Crippen molar-refractivity contribution in [2.45, 2.75) is 13.5 Å². The van der Waals surface area contributed by atoms with Gasteiger partial charge in [0.2, 0.25) is 5.91 Å². The molecule has 7 nitrogen and oxygen atoms in total. The average Bonchev–Trinajstić information content (AvgIpc) is 2.89. The summed E-state index contributed by atoms with van der Waals surface area (Å²) in [6, 6.07) is 7.28. The summed E-state index contributed by atoms with van der Waals surface area (Å²) in [5, 5.41) is 10.3. The molecule has 21 heavy (non-hydrogen) atoms. The van der Waals surface area contributed by atoms with Gasteiger partial charge < -0.3 is 14.8 Å². The molecule has 0 unspecified atom stereocenters. The lowest BCUT2D eigenvalue weighted by Crippen LogP contribution is -2.31. The molecule has 0 spiro atoms. The predicted molar refractivity (Wildman–Crippen MR) is 76.3 cm³/mol. The van der Waals surface area contributed by atoms with Crippen molar-refractivity contribution >= 4 is 5.91 Å². The highest BCUT2D eigenvalue weighted by Gasteiger charge is 2.05. The Hall–Kier alpha value is -2.57. The molecular formula is C14H18N4O3. The fraction of sp³-hybridized carbons (Fsp3) is 0.357. The molecule has 0 aliphatic heterocycles. The Labute approximate surface area is 122 Å². The summed E-state index contributed by atoms with van der Waals surface area (Å²) < 4.78 is 12.1. The molecule has 0 saturated heterocycles. The second kappa shape index (κ2) is 7.28. The maximum Gasteiger partial charge on any atom is 0.241 e. The van der Waals surface area contributed by atoms with E-state index in [2.05, 4.69) is 15.6 Å². The Morgan fingerprint density at radius 1 is 1.29 bits per heavy atom. The van der Waals surface area contributed by atoms with E-state index in [9.17, 15) is 4.79 Å². The van der Waals surface area contributed by atoms with Gasteiger partial charge in [0.1, 0.15) is 24.7 Å². The second-order valence-electron chi connectivity index (χ2n) is 4.41. The zero-order valence-corrected chi connectivity index (χ0v) is 12.1. The molecule has 2 aromatic rings. The minimum absolute atomic E-state index is 0.123. The van der Waals surface area contributed by atoms with E-state index in [-0.39, 0.29) is 12.5 Å². The van der Waals surface area contributed by atoms with Gasteiger partial charge in [-0.25, -0.2) is 4.68 Å². The van der Waals surface area contributed by atoms with Crippen LogP contribution >= 0.6 is 0 Å². The molecule has 1 N–H and O–H groups in total. The molecular weight excluding hydrogens is 272 g/mol. The number of hydrogen-bond donors (Lipinski definition) is 1. The van der Waals surface area contributed by atoms with Crippen LogP contribution in [0.2, 0.25) is 0 Å². The van der Waals surface area contributed by atoms with Gasteiger partial charge in [-0.2, -0.15) is 0 Å². The van der Waals surface area contributed by atoms with Gasteiger partial charge in [0, 0.05) is 0 Å². The fourth-order valence-electron chi connectivity index (χ4n) is 1.69. The van der Waals surface area contributed by atoms with Crippen LogP contribution in [0.3, 0.4) is 0 Å². The number of nitrogens with zero attached hydrogens (tertiary/aromatic N) is 3. The SMILES string of the molecule is COc1ccc(OCCNC(=O)Cn2nncc2C)cc1. The van der Waals surface area contributed by atoms with E-state index in [1.807, 2.05) is 31.2 Å². The van der Waals surface area contributed by atoms with E-state index < -0.39 is 0 Å². The molecule has 0 aliphatic carbocycles. The van der Waals surface area contributed by atoms with E-state index in [0.717, 1.165) is 17.2 Å². The van der Waals surface area contributed by atoms with Gasteiger partial charge >= 0.3 is 0 Å². The summed E-state index contributed by atoms with van der Waals surface area (Å²) in [6.07, 6.45) is 1.61. The van der Waals surface area contributed by atoms with Gasteiger partial charge in [0.15, 0.2) is 0 Å². The standard InChI is InChI=1S/C14H18N4O3/c1-11-9-16-17-18(11)10-14(19)15-7-8-21-13-5-3-12(20-2)4-6-13/h3-6,9H,7-8,10H2,1-2H3,(H,15,19). The lowest BCUT2D eigenvalue weighted by Gasteiger charge is -2.08. The first-order chi connectivity index (χ1) is 10.2. The molecule has 7 heteroatoms. The normalized spacial score (nSPS) is 10.2. The first-order valence-corrected chi connectivity index (χ1v) is 6.57. The van der Waals surface area contributed by atoms with Crippen LogP contribution in [-0.2, 0) is 11.3 Å². The number of hydrogen-bond acceptors (Lipinski definition) is 5. The second-order valence-corrected chi connectivity index (χ2v) is 4.41. The van der Waals surface area contributed by atoms with Crippen LogP contribution in [0.1, 0.15) is 5.69 Å². The number of rotatable bonds is 7. The topological polar surface area (TPSA) is 78.3 Å². The lowest BCUT2D eigenvalue weighted by molar-refractivity contribution is -0.122. The highest BCUT2D eigenvalue weighted by Crippen LogP contribution is 2.16. The summed E-state index contributed by atoms with van der Waals surface area (Å²) in [6.45, 7) is 2.83. The molecule has 112 valence electrons. The smallest absolute Gasteiger partial charge is 0.241 e. The Bertz CT molecular complexity index is 580. The minimum Gasteiger partial charge on any atom is -0.497 e. The Morgan fingerprint density at radius 2 is 2.00 bits per heavy atom. The van der Waals surface area contributed by atoms with E-state index in [1.165, 1.54) is 0 Å². The number of aryl methyl sites for hydroxylation is 1. The molecule has 0 saturated carbocycles. The van der Waals surface area contributed by atoms with Crippen molar-refractivity contribution in [2.75, 3.05) is 20.3 Å². The van der Waals surface area contributed by atoms with Crippen molar-refractivity contribution in [3.8, 4) is 11.5 Å². The lowest BCUT2D eigenvalue weighted by atomic mass is 10.3. The maximum absolute atomic E-state index is 11.7. The van der Waals surface area contributed by atoms with Gasteiger partial charge in [-0.05, 0) is 31.2 Å². The van der Waals surface area contributed by atoms with Crippen molar-refractivity contribution in [1.82, 2.24) is 20.3 Å². The summed E-state index contributed by atoms with van der Waals surface area (Å²) in [5.74, 6) is 1.39. The molecule has 0 atom stereocenters. The van der Waals surface area contributed by atoms with Gasteiger partial charge in [-0.3, -0.25) is 4.79 Å². The number of ether oxygens (including phenoxy) is 2. The number of nitrogens with one attached hydrogen (secondary N) is 1. The van der Waals surface area contributed by atoms with Gasteiger partial charge in [0.05, 0.1) is 25.5 Å². The van der Waals surface area contributed by atoms with E-state index in [1.54, 1.807) is 18.0 Å². The largest absolute Gasteiger partial charge is 0.497 e. The van der Waals surface area contributed by atoms with Crippen LogP contribution in [0.25, 0.3) is 0 Å². The number of aromatic nitrogens is 3. The monoisotopic (exact) mass is 290 g/mol. The Morgan fingerprint density at radius 3 is 2.62 bits per heavy atom. The van der Waals surface area contributed by atoms with Crippen molar-refractivity contribution in [1.29, 1.82) is 0 Å². The number of carbonyl (C=O) groups excluding carboxylic acids is 1. The Balaban J connectivity index is 1.67. The molecule has 1 aromatic heterocycles. The van der Waals surface area contributed by atoms with Crippen LogP contribution < -0.4 is 14.8 Å². The summed E-state index contributed by atoms with van der Waals surface area (Å²) >= 11 is 0. The third-order valence-corrected chi connectivity index (χ3v) is 2.86. The van der Waals surface area contributed by atoms with Crippen LogP contribution in [0.5, 0.6) is 11.5 Å². The van der Waals surface area contributed by atoms with Gasteiger partial charge in [0.25, 0.3) is 0 Å². The Kier molecular flexibility index (Phi) is 5.14. The van der Waals surface area contributed by atoms with Crippen molar-refractivity contribution in [3.05, 3.63) is 36.2 Å². The number of benzene rings is 1. The van der Waals surface area contributed by atoms with E-state index in [4.69, 9.17) is 9.47 Å². The minimum atomic E-state index is -0.123. The van der Waals surface area contributed by atoms with E-state index >= 15 is 0 Å². The summed E-state index contributed by atoms with van der Waals surface area (Å²) in [4.78, 5) is 11.7. The van der Waals surface area contributed by atoms with Crippen molar-refractivity contribution < 1.29 is 14.3 Å². The highest BCUT2D eigenvalue weighted by molar-refractivity contribution is 5.75. The fourth-order valence-corrected chi connectivity index (χ4v) is 1.69. The van der Waals surface area contributed by atoms with Gasteiger partial charge in [-0.1, -0.05) is 5.21 Å². The summed E-state index contributed by atoms with van der Waals surface area (Å²) in [7, 11) is 1.61. The summed E-state index contributed by atoms with van der Waals surface area (Å²) in [5.41, 5.74) is 0.847. The number of carbonyl (C=O) groups is 1. The third kappa shape index (κ3) is 4.48. The molecule has 0 radical (unpaired) electrons. The maximum atomic E-state index is 11.7. The molecule has 0 fully saturated rings. The van der Waals surface area contributed by atoms with Gasteiger partial charge in [-0.15, -0.1) is 5.10 Å². The van der Waals surface area contributed by atoms with Crippen LogP contribution in [0.15, 0.2) is 30.5 Å². The number of amides is 1. The van der Waals surface area contributed by atoms with Crippen LogP contribution in [0.4, 0.5) is 0 Å². The van der Waals surface area contributed by atoms with Crippen molar-refractivity contribution in [3.63, 3.8) is 0 Å². The highest BCUT2D eigenvalue weighted by atomic mass is 16.5. The zero-order chi connectivity index (χ0) is 15.1. The van der Waals surface area contributed by atoms with Crippen LogP contribution in [0, 0.1) is 6.92 Å².